The van der Waals surface area contributed by atoms with Gasteiger partial charge in [-0.15, -0.1) is 0 Å². The summed E-state index contributed by atoms with van der Waals surface area (Å²) in [7, 11) is 0. The number of anilines is 1. The van der Waals surface area contributed by atoms with Crippen LogP contribution in [0.4, 0.5) is 10.3 Å². The summed E-state index contributed by atoms with van der Waals surface area (Å²) in [5.41, 5.74) is 8.55. The highest BCUT2D eigenvalue weighted by molar-refractivity contribution is 5.85. The molecule has 0 spiro atoms. The number of nitriles is 1. The van der Waals surface area contributed by atoms with E-state index in [1.807, 2.05) is 6.92 Å². The van der Waals surface area contributed by atoms with Crippen molar-refractivity contribution in [3.05, 3.63) is 53.3 Å². The lowest BCUT2D eigenvalue weighted by Crippen LogP contribution is -2.03. The number of rotatable bonds is 1. The van der Waals surface area contributed by atoms with Crippen LogP contribution in [0.15, 0.2) is 36.4 Å². The molecule has 5 heteroatoms. The summed E-state index contributed by atoms with van der Waals surface area (Å²) in [6.45, 7) is 1.82. The average Bonchev–Trinajstić information content (AvgIpc) is 2.75. The molecule has 0 aliphatic heterocycles. The molecule has 1 heterocycles. The molecule has 98 valence electrons. The lowest BCUT2D eigenvalue weighted by atomic mass is 10.2. The Balaban J connectivity index is 2.37. The van der Waals surface area contributed by atoms with Crippen molar-refractivity contribution in [1.82, 2.24) is 9.55 Å². The number of nitrogens with zero attached hydrogens (tertiary/aromatic N) is 3. The van der Waals surface area contributed by atoms with Crippen LogP contribution in [0, 0.1) is 24.1 Å². The Kier molecular flexibility index (Phi) is 2.65. The molecule has 2 aromatic carbocycles. The van der Waals surface area contributed by atoms with E-state index in [0.29, 0.717) is 22.3 Å². The summed E-state index contributed by atoms with van der Waals surface area (Å²) < 4.78 is 15.7. The van der Waals surface area contributed by atoms with Crippen LogP contribution in [-0.2, 0) is 0 Å². The van der Waals surface area contributed by atoms with Crippen molar-refractivity contribution < 1.29 is 4.39 Å². The zero-order valence-corrected chi connectivity index (χ0v) is 10.8. The van der Waals surface area contributed by atoms with Crippen LogP contribution in [0.5, 0.6) is 0 Å². The molecule has 0 bridgehead atoms. The topological polar surface area (TPSA) is 67.6 Å². The fraction of sp³-hybridized carbons (Fsp3) is 0.0667. The molecule has 20 heavy (non-hydrogen) atoms. The summed E-state index contributed by atoms with van der Waals surface area (Å²) in [4.78, 5) is 4.18. The van der Waals surface area contributed by atoms with Gasteiger partial charge in [0.1, 0.15) is 17.4 Å². The Morgan fingerprint density at radius 2 is 2.10 bits per heavy atom. The molecule has 0 atom stereocenters. The SMILES string of the molecule is Cc1ccc(-n2c(N)nc3c(C#N)cccc32)c(F)c1. The summed E-state index contributed by atoms with van der Waals surface area (Å²) in [6.07, 6.45) is 0. The highest BCUT2D eigenvalue weighted by atomic mass is 19.1. The van der Waals surface area contributed by atoms with Crippen molar-refractivity contribution >= 4 is 17.0 Å². The van der Waals surface area contributed by atoms with E-state index in [-0.39, 0.29) is 11.8 Å². The first-order chi connectivity index (χ1) is 9.61. The van der Waals surface area contributed by atoms with Gasteiger partial charge in [0, 0.05) is 0 Å². The second kappa shape index (κ2) is 4.35. The third-order valence-electron chi connectivity index (χ3n) is 3.18. The van der Waals surface area contributed by atoms with Crippen molar-refractivity contribution in [2.75, 3.05) is 5.73 Å². The van der Waals surface area contributed by atoms with Crippen molar-refractivity contribution in [3.63, 3.8) is 0 Å². The summed E-state index contributed by atoms with van der Waals surface area (Å²) in [6, 6.07) is 12.1. The number of hydrogen-bond donors (Lipinski definition) is 1. The highest BCUT2D eigenvalue weighted by Crippen LogP contribution is 2.26. The second-order valence-corrected chi connectivity index (χ2v) is 4.55. The van der Waals surface area contributed by atoms with Crippen LogP contribution in [-0.4, -0.2) is 9.55 Å². The summed E-state index contributed by atoms with van der Waals surface area (Å²) >= 11 is 0. The highest BCUT2D eigenvalue weighted by Gasteiger charge is 2.15. The first-order valence-corrected chi connectivity index (χ1v) is 6.05. The maximum Gasteiger partial charge on any atom is 0.206 e. The molecular weight excluding hydrogens is 255 g/mol. The lowest BCUT2D eigenvalue weighted by Gasteiger charge is -2.08. The maximum atomic E-state index is 14.1. The zero-order valence-electron chi connectivity index (χ0n) is 10.8. The maximum absolute atomic E-state index is 14.1. The Hall–Kier alpha value is -2.87. The number of aryl methyl sites for hydroxylation is 1. The Labute approximate surface area is 114 Å². The van der Waals surface area contributed by atoms with Gasteiger partial charge in [-0.05, 0) is 36.8 Å². The van der Waals surface area contributed by atoms with Crippen LogP contribution in [0.2, 0.25) is 0 Å². The van der Waals surface area contributed by atoms with Crippen LogP contribution in [0.25, 0.3) is 16.7 Å². The van der Waals surface area contributed by atoms with E-state index in [1.54, 1.807) is 30.3 Å². The number of aromatic nitrogens is 2. The van der Waals surface area contributed by atoms with E-state index in [0.717, 1.165) is 5.56 Å². The monoisotopic (exact) mass is 266 g/mol. The smallest absolute Gasteiger partial charge is 0.206 e. The predicted octanol–water partition coefficient (Wildman–Crippen LogP) is 2.93. The summed E-state index contributed by atoms with van der Waals surface area (Å²) in [5, 5.41) is 9.08. The molecule has 1 aromatic heterocycles. The van der Waals surface area contributed by atoms with E-state index in [4.69, 9.17) is 11.0 Å². The summed E-state index contributed by atoms with van der Waals surface area (Å²) in [5.74, 6) is -0.219. The van der Waals surface area contributed by atoms with E-state index in [9.17, 15) is 4.39 Å². The molecule has 3 rings (SSSR count). The Bertz CT molecular complexity index is 858. The van der Waals surface area contributed by atoms with E-state index in [2.05, 4.69) is 11.1 Å². The van der Waals surface area contributed by atoms with Gasteiger partial charge in [-0.3, -0.25) is 4.57 Å². The van der Waals surface area contributed by atoms with Crippen molar-refractivity contribution in [3.8, 4) is 11.8 Å². The third-order valence-corrected chi connectivity index (χ3v) is 3.18. The van der Waals surface area contributed by atoms with E-state index in [1.165, 1.54) is 10.6 Å². The molecule has 3 aromatic rings. The van der Waals surface area contributed by atoms with Gasteiger partial charge in [-0.2, -0.15) is 5.26 Å². The number of imidazole rings is 1. The lowest BCUT2D eigenvalue weighted by molar-refractivity contribution is 0.619. The average molecular weight is 266 g/mol. The number of benzene rings is 2. The molecule has 4 nitrogen and oxygen atoms in total. The Morgan fingerprint density at radius 1 is 1.30 bits per heavy atom. The van der Waals surface area contributed by atoms with Crippen LogP contribution in [0.1, 0.15) is 11.1 Å². The zero-order chi connectivity index (χ0) is 14.3. The van der Waals surface area contributed by atoms with Gasteiger partial charge in [0.25, 0.3) is 0 Å². The number of halogens is 1. The third kappa shape index (κ3) is 1.70. The molecule has 0 fully saturated rings. The number of para-hydroxylation sites is 1. The quantitative estimate of drug-likeness (QED) is 0.736. The normalized spacial score (nSPS) is 10.7. The minimum absolute atomic E-state index is 0.158. The molecule has 0 saturated carbocycles. The number of fused-ring (bicyclic) bond motifs is 1. The first kappa shape index (κ1) is 12.2. The predicted molar refractivity (Wildman–Crippen MR) is 74.9 cm³/mol. The number of hydrogen-bond acceptors (Lipinski definition) is 3. The second-order valence-electron chi connectivity index (χ2n) is 4.55. The minimum atomic E-state index is -0.377. The van der Waals surface area contributed by atoms with E-state index >= 15 is 0 Å². The van der Waals surface area contributed by atoms with Crippen molar-refractivity contribution in [1.29, 1.82) is 5.26 Å². The number of nitrogens with two attached hydrogens (primary N) is 1. The van der Waals surface area contributed by atoms with Crippen LogP contribution < -0.4 is 5.73 Å². The molecule has 2 N–H and O–H groups in total. The number of nitrogen functional groups attached to an aromatic ring is 1. The molecule has 0 aliphatic rings. The largest absolute Gasteiger partial charge is 0.369 e. The van der Waals surface area contributed by atoms with Gasteiger partial charge >= 0.3 is 0 Å². The van der Waals surface area contributed by atoms with Gasteiger partial charge in [-0.25, -0.2) is 9.37 Å². The van der Waals surface area contributed by atoms with Gasteiger partial charge < -0.3 is 5.73 Å². The van der Waals surface area contributed by atoms with Gasteiger partial charge in [-0.1, -0.05) is 12.1 Å². The molecular formula is C15H11FN4. The molecule has 0 radical (unpaired) electrons. The van der Waals surface area contributed by atoms with Gasteiger partial charge in [0.15, 0.2) is 0 Å². The van der Waals surface area contributed by atoms with Crippen molar-refractivity contribution in [2.45, 2.75) is 6.92 Å². The molecule has 0 amide bonds. The molecule has 0 unspecified atom stereocenters. The van der Waals surface area contributed by atoms with Gasteiger partial charge in [0.05, 0.1) is 16.8 Å². The fourth-order valence-electron chi connectivity index (χ4n) is 2.25. The standard InChI is InChI=1S/C15H11FN4/c1-9-5-6-12(11(16)7-9)20-13-4-2-3-10(8-17)14(13)19-15(20)18/h2-7H,1H3,(H2,18,19). The van der Waals surface area contributed by atoms with Crippen LogP contribution >= 0.6 is 0 Å². The first-order valence-electron chi connectivity index (χ1n) is 6.05. The minimum Gasteiger partial charge on any atom is -0.369 e. The Morgan fingerprint density at radius 3 is 2.80 bits per heavy atom. The fourth-order valence-corrected chi connectivity index (χ4v) is 2.25. The van der Waals surface area contributed by atoms with Crippen molar-refractivity contribution in [2.24, 2.45) is 0 Å². The van der Waals surface area contributed by atoms with Gasteiger partial charge in [0.2, 0.25) is 5.95 Å². The van der Waals surface area contributed by atoms with Crippen LogP contribution in [0.3, 0.4) is 0 Å². The molecule has 0 aliphatic carbocycles. The molecule has 0 saturated heterocycles. The van der Waals surface area contributed by atoms with E-state index < -0.39 is 0 Å².